The molecular formula is C18H16ClN5O3. The molecule has 8 nitrogen and oxygen atoms in total. The van der Waals surface area contributed by atoms with Crippen molar-refractivity contribution in [2.75, 3.05) is 12.4 Å². The van der Waals surface area contributed by atoms with Gasteiger partial charge in [0, 0.05) is 16.9 Å². The van der Waals surface area contributed by atoms with E-state index in [1.165, 1.54) is 19.4 Å². The quantitative estimate of drug-likeness (QED) is 0.484. The summed E-state index contributed by atoms with van der Waals surface area (Å²) in [6.07, 6.45) is 1.49. The maximum absolute atomic E-state index is 11.9. The molecule has 1 heterocycles. The van der Waals surface area contributed by atoms with Crippen LogP contribution in [0.15, 0.2) is 47.5 Å². The van der Waals surface area contributed by atoms with Crippen molar-refractivity contribution in [1.82, 2.24) is 10.2 Å². The maximum atomic E-state index is 11.9. The molecule has 0 aliphatic heterocycles. The average molecular weight is 386 g/mol. The molecule has 3 rings (SSSR count). The summed E-state index contributed by atoms with van der Waals surface area (Å²) < 4.78 is 5.05. The summed E-state index contributed by atoms with van der Waals surface area (Å²) >= 11 is 5.96. The monoisotopic (exact) mass is 385 g/mol. The number of phenols is 1. The van der Waals surface area contributed by atoms with Crippen molar-refractivity contribution >= 4 is 41.0 Å². The molecular weight excluding hydrogens is 370 g/mol. The molecule has 1 amide bonds. The second kappa shape index (κ2) is 7.79. The first-order chi connectivity index (χ1) is 13.0. The molecule has 0 bridgehead atoms. The number of aromatic hydroxyl groups is 1. The number of nitrogens with one attached hydrogen (secondary N) is 2. The van der Waals surface area contributed by atoms with Gasteiger partial charge < -0.3 is 20.9 Å². The molecule has 0 atom stereocenters. The summed E-state index contributed by atoms with van der Waals surface area (Å²) in [6, 6.07) is 11.7. The Morgan fingerprint density at radius 1 is 1.37 bits per heavy atom. The number of phenolic OH excluding ortho intramolecular Hbond substituents is 1. The predicted octanol–water partition coefficient (Wildman–Crippen LogP) is 3.37. The molecule has 5 N–H and O–H groups in total. The van der Waals surface area contributed by atoms with E-state index in [-0.39, 0.29) is 22.9 Å². The van der Waals surface area contributed by atoms with E-state index in [0.29, 0.717) is 22.0 Å². The smallest absolute Gasteiger partial charge is 0.256 e. The lowest BCUT2D eigenvalue weighted by atomic mass is 10.2. The first-order valence-corrected chi connectivity index (χ1v) is 8.17. The third-order valence-corrected chi connectivity index (χ3v) is 3.86. The van der Waals surface area contributed by atoms with Gasteiger partial charge in [-0.25, -0.2) is 4.99 Å². The third-order valence-electron chi connectivity index (χ3n) is 3.63. The zero-order valence-electron chi connectivity index (χ0n) is 14.2. The minimum Gasteiger partial charge on any atom is -0.504 e. The van der Waals surface area contributed by atoms with Gasteiger partial charge in [-0.15, -0.1) is 0 Å². The average Bonchev–Trinajstić information content (AvgIpc) is 3.03. The van der Waals surface area contributed by atoms with Crippen LogP contribution in [0.5, 0.6) is 11.5 Å². The number of carbonyl (C=O) groups is 1. The van der Waals surface area contributed by atoms with Crippen LogP contribution >= 0.6 is 11.6 Å². The first-order valence-electron chi connectivity index (χ1n) is 7.79. The van der Waals surface area contributed by atoms with Crippen LogP contribution in [0, 0.1) is 0 Å². The lowest BCUT2D eigenvalue weighted by Crippen LogP contribution is -2.12. The van der Waals surface area contributed by atoms with Crippen LogP contribution < -0.4 is 15.8 Å². The van der Waals surface area contributed by atoms with E-state index < -0.39 is 5.91 Å². The van der Waals surface area contributed by atoms with Crippen LogP contribution in [-0.4, -0.2) is 34.5 Å². The number of nitrogens with zero attached hydrogens (tertiary/aromatic N) is 2. The van der Waals surface area contributed by atoms with E-state index in [1.54, 1.807) is 36.4 Å². The minimum atomic E-state index is -0.691. The molecule has 2 aromatic carbocycles. The number of amides is 1. The normalized spacial score (nSPS) is 10.9. The number of ether oxygens (including phenoxy) is 1. The van der Waals surface area contributed by atoms with Crippen LogP contribution in [0.25, 0.3) is 0 Å². The van der Waals surface area contributed by atoms with E-state index in [1.807, 2.05) is 0 Å². The number of aromatic nitrogens is 2. The third kappa shape index (κ3) is 4.18. The first kappa shape index (κ1) is 18.3. The van der Waals surface area contributed by atoms with Crippen molar-refractivity contribution < 1.29 is 14.6 Å². The zero-order chi connectivity index (χ0) is 19.4. The number of methoxy groups -OCH3 is 1. The number of aliphatic imine (C=N–C) groups is 1. The second-order valence-corrected chi connectivity index (χ2v) is 5.92. The number of aromatic amines is 1. The number of benzene rings is 2. The van der Waals surface area contributed by atoms with Gasteiger partial charge in [0.25, 0.3) is 5.91 Å². The molecule has 0 saturated carbocycles. The number of nitrogens with two attached hydrogens (primary N) is 1. The van der Waals surface area contributed by atoms with Gasteiger partial charge in [-0.05, 0) is 42.0 Å². The minimum absolute atomic E-state index is 0.0158. The highest BCUT2D eigenvalue weighted by Gasteiger charge is 2.18. The van der Waals surface area contributed by atoms with Crippen molar-refractivity contribution in [2.45, 2.75) is 0 Å². The summed E-state index contributed by atoms with van der Waals surface area (Å²) in [5.74, 6) is 0.0620. The Hall–Kier alpha value is -3.52. The van der Waals surface area contributed by atoms with Crippen molar-refractivity contribution in [3.05, 3.63) is 58.6 Å². The molecule has 0 aliphatic carbocycles. The van der Waals surface area contributed by atoms with Crippen LogP contribution in [0.3, 0.4) is 0 Å². The van der Waals surface area contributed by atoms with E-state index in [9.17, 15) is 9.90 Å². The Balaban J connectivity index is 1.90. The molecule has 27 heavy (non-hydrogen) atoms. The number of halogens is 1. The second-order valence-electron chi connectivity index (χ2n) is 5.48. The standard InChI is InChI=1S/C18H16ClN5O3/c1-27-14-7-10(5-6-13(14)25)9-21-17-15(16(20)26)18(24-23-17)22-12-4-2-3-11(19)8-12/h2-9,25H,1H3,(H2,20,26)(H2,22,23,24)/b21-9+. The van der Waals surface area contributed by atoms with Crippen molar-refractivity contribution in [2.24, 2.45) is 10.7 Å². The molecule has 0 aliphatic rings. The highest BCUT2D eigenvalue weighted by Crippen LogP contribution is 2.28. The van der Waals surface area contributed by atoms with Crippen LogP contribution in [-0.2, 0) is 0 Å². The van der Waals surface area contributed by atoms with Crippen LogP contribution in [0.4, 0.5) is 17.3 Å². The summed E-state index contributed by atoms with van der Waals surface area (Å²) in [7, 11) is 1.45. The van der Waals surface area contributed by atoms with Gasteiger partial charge in [-0.1, -0.05) is 17.7 Å². The Morgan fingerprint density at radius 2 is 2.19 bits per heavy atom. The lowest BCUT2D eigenvalue weighted by Gasteiger charge is -2.05. The number of hydrogen-bond donors (Lipinski definition) is 4. The molecule has 1 aromatic heterocycles. The van der Waals surface area contributed by atoms with Gasteiger partial charge in [-0.3, -0.25) is 9.89 Å². The van der Waals surface area contributed by atoms with Gasteiger partial charge in [0.2, 0.25) is 0 Å². The summed E-state index contributed by atoms with van der Waals surface area (Å²) in [6.45, 7) is 0. The summed E-state index contributed by atoms with van der Waals surface area (Å²) in [4.78, 5) is 16.1. The topological polar surface area (TPSA) is 126 Å². The molecule has 0 fully saturated rings. The Morgan fingerprint density at radius 3 is 2.89 bits per heavy atom. The van der Waals surface area contributed by atoms with Crippen molar-refractivity contribution in [1.29, 1.82) is 0 Å². The molecule has 0 unspecified atom stereocenters. The Labute approximate surface area is 159 Å². The van der Waals surface area contributed by atoms with Gasteiger partial charge in [-0.2, -0.15) is 5.10 Å². The highest BCUT2D eigenvalue weighted by atomic mass is 35.5. The van der Waals surface area contributed by atoms with Gasteiger partial charge in [0.05, 0.1) is 7.11 Å². The number of carbonyl (C=O) groups excluding carboxylic acids is 1. The number of primary amides is 1. The fraction of sp³-hybridized carbons (Fsp3) is 0.0556. The molecule has 3 aromatic rings. The largest absolute Gasteiger partial charge is 0.504 e. The van der Waals surface area contributed by atoms with E-state index >= 15 is 0 Å². The molecule has 0 saturated heterocycles. The van der Waals surface area contributed by atoms with Gasteiger partial charge in [0.1, 0.15) is 5.56 Å². The molecule has 0 radical (unpaired) electrons. The molecule has 0 spiro atoms. The fourth-order valence-corrected chi connectivity index (χ4v) is 2.56. The number of anilines is 2. The Kier molecular flexibility index (Phi) is 5.28. The molecule has 138 valence electrons. The van der Waals surface area contributed by atoms with Crippen LogP contribution in [0.2, 0.25) is 5.02 Å². The van der Waals surface area contributed by atoms with Crippen molar-refractivity contribution in [3.8, 4) is 11.5 Å². The van der Waals surface area contributed by atoms with E-state index in [2.05, 4.69) is 20.5 Å². The van der Waals surface area contributed by atoms with Gasteiger partial charge in [0.15, 0.2) is 23.1 Å². The maximum Gasteiger partial charge on any atom is 0.256 e. The number of H-pyrrole nitrogens is 1. The number of hydrogen-bond acceptors (Lipinski definition) is 6. The van der Waals surface area contributed by atoms with E-state index in [4.69, 9.17) is 22.1 Å². The van der Waals surface area contributed by atoms with E-state index in [0.717, 1.165) is 0 Å². The van der Waals surface area contributed by atoms with Crippen molar-refractivity contribution in [3.63, 3.8) is 0 Å². The number of rotatable bonds is 6. The predicted molar refractivity (Wildman–Crippen MR) is 104 cm³/mol. The SMILES string of the molecule is COc1cc(/C=N/c2[nH]nc(Nc3cccc(Cl)c3)c2C(N)=O)ccc1O. The summed E-state index contributed by atoms with van der Waals surface area (Å²) in [5.41, 5.74) is 6.89. The fourth-order valence-electron chi connectivity index (χ4n) is 2.37. The highest BCUT2D eigenvalue weighted by molar-refractivity contribution is 6.30. The lowest BCUT2D eigenvalue weighted by molar-refractivity contribution is 0.100. The van der Waals surface area contributed by atoms with Crippen LogP contribution in [0.1, 0.15) is 15.9 Å². The Bertz CT molecular complexity index is 1020. The summed E-state index contributed by atoms with van der Waals surface area (Å²) in [5, 5.41) is 19.9. The zero-order valence-corrected chi connectivity index (χ0v) is 15.0. The molecule has 9 heteroatoms. The van der Waals surface area contributed by atoms with Gasteiger partial charge >= 0.3 is 0 Å².